The van der Waals surface area contributed by atoms with Gasteiger partial charge in [-0.2, -0.15) is 0 Å². The molecule has 2 unspecified atom stereocenters. The van der Waals surface area contributed by atoms with Crippen molar-refractivity contribution in [1.29, 1.82) is 0 Å². The Morgan fingerprint density at radius 2 is 2.05 bits per heavy atom. The lowest BCUT2D eigenvalue weighted by atomic mass is 10.0. The Morgan fingerprint density at radius 3 is 2.63 bits per heavy atom. The van der Waals surface area contributed by atoms with Gasteiger partial charge < -0.3 is 14.8 Å². The van der Waals surface area contributed by atoms with Gasteiger partial charge in [-0.05, 0) is 26.0 Å². The topological polar surface area (TPSA) is 43.4 Å². The first-order valence-electron chi connectivity index (χ1n) is 7.15. The van der Waals surface area contributed by atoms with Gasteiger partial charge in [0.15, 0.2) is 0 Å². The van der Waals surface area contributed by atoms with Crippen LogP contribution < -0.4 is 10.1 Å². The minimum Gasteiger partial charge on any atom is -0.474 e. The molecule has 0 amide bonds. The first-order valence-corrected chi connectivity index (χ1v) is 7.15. The second-order valence-electron chi connectivity index (χ2n) is 5.25. The molecular formula is C15H24N2O2. The first-order chi connectivity index (χ1) is 9.17. The fourth-order valence-electron chi connectivity index (χ4n) is 2.47. The summed E-state index contributed by atoms with van der Waals surface area (Å²) < 4.78 is 11.7. The van der Waals surface area contributed by atoms with E-state index in [4.69, 9.17) is 9.47 Å². The molecule has 2 atom stereocenters. The molecule has 2 heterocycles. The first kappa shape index (κ1) is 14.3. The lowest BCUT2D eigenvalue weighted by Crippen LogP contribution is -2.35. The third-order valence-electron chi connectivity index (χ3n) is 3.32. The molecule has 0 saturated carbocycles. The standard InChI is InChI=1S/C15H24N2O2/c1-4-16-9-13-5-6-15(17-10-13)19-14-7-11(2)18-12(3)8-14/h5-6,10-12,14,16H,4,7-9H2,1-3H3. The van der Waals surface area contributed by atoms with E-state index in [1.807, 2.05) is 12.3 Å². The number of hydrogen-bond donors (Lipinski definition) is 1. The number of pyridine rings is 1. The highest BCUT2D eigenvalue weighted by atomic mass is 16.5. The zero-order valence-corrected chi connectivity index (χ0v) is 12.1. The zero-order chi connectivity index (χ0) is 13.7. The van der Waals surface area contributed by atoms with Crippen LogP contribution in [0, 0.1) is 0 Å². The molecule has 2 rings (SSSR count). The van der Waals surface area contributed by atoms with Gasteiger partial charge in [-0.15, -0.1) is 0 Å². The number of aromatic nitrogens is 1. The van der Waals surface area contributed by atoms with Gasteiger partial charge in [0.2, 0.25) is 5.88 Å². The van der Waals surface area contributed by atoms with Crippen molar-refractivity contribution >= 4 is 0 Å². The van der Waals surface area contributed by atoms with Crippen LogP contribution in [0.3, 0.4) is 0 Å². The Bertz CT molecular complexity index is 370. The van der Waals surface area contributed by atoms with Gasteiger partial charge in [0.1, 0.15) is 6.10 Å². The van der Waals surface area contributed by atoms with E-state index in [1.54, 1.807) is 0 Å². The molecule has 0 aromatic carbocycles. The molecule has 1 saturated heterocycles. The third kappa shape index (κ3) is 4.48. The summed E-state index contributed by atoms with van der Waals surface area (Å²) in [6.45, 7) is 8.11. The summed E-state index contributed by atoms with van der Waals surface area (Å²) in [5, 5.41) is 3.28. The maximum atomic E-state index is 5.94. The molecule has 1 aromatic heterocycles. The summed E-state index contributed by atoms with van der Waals surface area (Å²) >= 11 is 0. The van der Waals surface area contributed by atoms with Gasteiger partial charge in [-0.25, -0.2) is 4.98 Å². The van der Waals surface area contributed by atoms with Crippen LogP contribution in [-0.2, 0) is 11.3 Å². The highest BCUT2D eigenvalue weighted by Crippen LogP contribution is 2.23. The highest BCUT2D eigenvalue weighted by molar-refractivity contribution is 5.18. The second-order valence-corrected chi connectivity index (χ2v) is 5.25. The predicted octanol–water partition coefficient (Wildman–Crippen LogP) is 2.53. The van der Waals surface area contributed by atoms with E-state index in [9.17, 15) is 0 Å². The Kier molecular flexibility index (Phi) is 5.16. The average Bonchev–Trinajstić information content (AvgIpc) is 2.37. The van der Waals surface area contributed by atoms with Gasteiger partial charge >= 0.3 is 0 Å². The molecule has 1 N–H and O–H groups in total. The molecular weight excluding hydrogens is 240 g/mol. The summed E-state index contributed by atoms with van der Waals surface area (Å²) in [4.78, 5) is 4.37. The van der Waals surface area contributed by atoms with Crippen LogP contribution in [0.4, 0.5) is 0 Å². The predicted molar refractivity (Wildman–Crippen MR) is 75.3 cm³/mol. The smallest absolute Gasteiger partial charge is 0.213 e. The molecule has 19 heavy (non-hydrogen) atoms. The Morgan fingerprint density at radius 1 is 1.32 bits per heavy atom. The molecule has 0 bridgehead atoms. The summed E-state index contributed by atoms with van der Waals surface area (Å²) in [7, 11) is 0. The number of ether oxygens (including phenoxy) is 2. The van der Waals surface area contributed by atoms with E-state index in [0.29, 0.717) is 5.88 Å². The largest absolute Gasteiger partial charge is 0.474 e. The third-order valence-corrected chi connectivity index (χ3v) is 3.32. The van der Waals surface area contributed by atoms with Crippen LogP contribution in [-0.4, -0.2) is 29.8 Å². The highest BCUT2D eigenvalue weighted by Gasteiger charge is 2.25. The van der Waals surface area contributed by atoms with Crippen LogP contribution >= 0.6 is 0 Å². The van der Waals surface area contributed by atoms with E-state index in [0.717, 1.165) is 25.9 Å². The van der Waals surface area contributed by atoms with Gasteiger partial charge in [-0.3, -0.25) is 0 Å². The zero-order valence-electron chi connectivity index (χ0n) is 12.1. The molecule has 4 nitrogen and oxygen atoms in total. The average molecular weight is 264 g/mol. The monoisotopic (exact) mass is 264 g/mol. The van der Waals surface area contributed by atoms with Crippen molar-refractivity contribution in [1.82, 2.24) is 10.3 Å². The molecule has 1 aliphatic heterocycles. The van der Waals surface area contributed by atoms with Crippen molar-refractivity contribution in [2.24, 2.45) is 0 Å². The SMILES string of the molecule is CCNCc1ccc(OC2CC(C)OC(C)C2)nc1. The lowest BCUT2D eigenvalue weighted by Gasteiger charge is -2.31. The number of nitrogens with zero attached hydrogens (tertiary/aromatic N) is 1. The number of nitrogens with one attached hydrogen (secondary N) is 1. The van der Waals surface area contributed by atoms with Gasteiger partial charge in [0, 0.05) is 31.6 Å². The second kappa shape index (κ2) is 6.87. The quantitative estimate of drug-likeness (QED) is 0.887. The fraction of sp³-hybridized carbons (Fsp3) is 0.667. The molecule has 1 aliphatic rings. The molecule has 106 valence electrons. The van der Waals surface area contributed by atoms with Crippen LogP contribution in [0.5, 0.6) is 5.88 Å². The van der Waals surface area contributed by atoms with Crippen LogP contribution in [0.25, 0.3) is 0 Å². The maximum Gasteiger partial charge on any atom is 0.213 e. The number of rotatable bonds is 5. The lowest BCUT2D eigenvalue weighted by molar-refractivity contribution is -0.0729. The Hall–Kier alpha value is -1.13. The molecule has 0 radical (unpaired) electrons. The van der Waals surface area contributed by atoms with E-state index < -0.39 is 0 Å². The molecule has 1 fully saturated rings. The van der Waals surface area contributed by atoms with Crippen LogP contribution in [0.1, 0.15) is 39.2 Å². The molecule has 1 aromatic rings. The molecule has 0 aliphatic carbocycles. The molecule has 4 heteroatoms. The van der Waals surface area contributed by atoms with Gasteiger partial charge in [-0.1, -0.05) is 13.0 Å². The summed E-state index contributed by atoms with van der Waals surface area (Å²) in [6, 6.07) is 4.02. The summed E-state index contributed by atoms with van der Waals surface area (Å²) in [5.41, 5.74) is 1.18. The summed E-state index contributed by atoms with van der Waals surface area (Å²) in [5.74, 6) is 0.714. The summed E-state index contributed by atoms with van der Waals surface area (Å²) in [6.07, 6.45) is 4.50. The van der Waals surface area contributed by atoms with E-state index in [-0.39, 0.29) is 18.3 Å². The van der Waals surface area contributed by atoms with Crippen molar-refractivity contribution in [2.45, 2.75) is 58.5 Å². The van der Waals surface area contributed by atoms with Crippen LogP contribution in [0.15, 0.2) is 18.3 Å². The van der Waals surface area contributed by atoms with Crippen molar-refractivity contribution in [3.8, 4) is 5.88 Å². The van der Waals surface area contributed by atoms with E-state index in [2.05, 4.69) is 37.1 Å². The maximum absolute atomic E-state index is 5.94. The van der Waals surface area contributed by atoms with E-state index in [1.165, 1.54) is 5.56 Å². The fourth-order valence-corrected chi connectivity index (χ4v) is 2.47. The van der Waals surface area contributed by atoms with Crippen molar-refractivity contribution in [3.05, 3.63) is 23.9 Å². The Balaban J connectivity index is 1.88. The number of hydrogen-bond acceptors (Lipinski definition) is 4. The van der Waals surface area contributed by atoms with Gasteiger partial charge in [0.05, 0.1) is 12.2 Å². The Labute approximate surface area is 115 Å². The van der Waals surface area contributed by atoms with Gasteiger partial charge in [0.25, 0.3) is 0 Å². The van der Waals surface area contributed by atoms with Crippen LogP contribution in [0.2, 0.25) is 0 Å². The van der Waals surface area contributed by atoms with Crippen molar-refractivity contribution in [3.63, 3.8) is 0 Å². The minimum atomic E-state index is 0.214. The van der Waals surface area contributed by atoms with Crippen molar-refractivity contribution < 1.29 is 9.47 Å². The minimum absolute atomic E-state index is 0.214. The normalized spacial score (nSPS) is 27.2. The van der Waals surface area contributed by atoms with E-state index >= 15 is 0 Å². The molecule has 0 spiro atoms. The van der Waals surface area contributed by atoms with Crippen molar-refractivity contribution in [2.75, 3.05) is 6.54 Å².